The first kappa shape index (κ1) is 12.5. The smallest absolute Gasteiger partial charge is 0.144 e. The molecule has 4 heteroatoms. The maximum absolute atomic E-state index is 9.54. The van der Waals surface area contributed by atoms with Crippen LogP contribution in [0.5, 0.6) is 11.5 Å². The average Bonchev–Trinajstić information content (AvgIpc) is 2.75. The zero-order chi connectivity index (χ0) is 12.4. The number of allylic oxidation sites excluding steroid dienone is 1. The Bertz CT molecular complexity index is 454. The Morgan fingerprint density at radius 1 is 1.29 bits per heavy atom. The van der Waals surface area contributed by atoms with E-state index in [2.05, 4.69) is 15.9 Å². The third-order valence-corrected chi connectivity index (χ3v) is 3.69. The number of aliphatic hydroxyl groups is 1. The number of hydrogen-bond acceptors (Lipinski definition) is 3. The second-order valence-corrected chi connectivity index (χ2v) is 4.75. The van der Waals surface area contributed by atoms with Crippen LogP contribution in [0.3, 0.4) is 0 Å². The Morgan fingerprint density at radius 2 is 2.06 bits per heavy atom. The zero-order valence-corrected chi connectivity index (χ0v) is 11.5. The van der Waals surface area contributed by atoms with Crippen LogP contribution < -0.4 is 9.47 Å². The Hall–Kier alpha value is -1.00. The minimum Gasteiger partial charge on any atom is -0.495 e. The SMILES string of the molecule is COc1ccc(C2=CC(O)CC2)c(OC)c1Br. The minimum absolute atomic E-state index is 0.337. The van der Waals surface area contributed by atoms with Gasteiger partial charge in [-0.25, -0.2) is 0 Å². The maximum Gasteiger partial charge on any atom is 0.144 e. The van der Waals surface area contributed by atoms with Crippen molar-refractivity contribution in [3.63, 3.8) is 0 Å². The van der Waals surface area contributed by atoms with E-state index < -0.39 is 0 Å². The first-order valence-corrected chi connectivity index (χ1v) is 6.26. The number of rotatable bonds is 3. The highest BCUT2D eigenvalue weighted by molar-refractivity contribution is 9.10. The van der Waals surface area contributed by atoms with Crippen molar-refractivity contribution < 1.29 is 14.6 Å². The van der Waals surface area contributed by atoms with Gasteiger partial charge in [0.15, 0.2) is 0 Å². The Balaban J connectivity index is 2.48. The fraction of sp³-hybridized carbons (Fsp3) is 0.385. The van der Waals surface area contributed by atoms with Crippen LogP contribution in [0, 0.1) is 0 Å². The second-order valence-electron chi connectivity index (χ2n) is 3.96. The van der Waals surface area contributed by atoms with Crippen LogP contribution in [0.4, 0.5) is 0 Å². The van der Waals surface area contributed by atoms with Crippen molar-refractivity contribution in [2.24, 2.45) is 0 Å². The van der Waals surface area contributed by atoms with Crippen molar-refractivity contribution in [3.8, 4) is 11.5 Å². The largest absolute Gasteiger partial charge is 0.495 e. The first-order valence-electron chi connectivity index (χ1n) is 5.47. The molecule has 0 bridgehead atoms. The van der Waals surface area contributed by atoms with Gasteiger partial charge in [0, 0.05) is 5.56 Å². The van der Waals surface area contributed by atoms with E-state index in [1.807, 2.05) is 18.2 Å². The molecule has 1 unspecified atom stereocenters. The summed E-state index contributed by atoms with van der Waals surface area (Å²) >= 11 is 3.47. The van der Waals surface area contributed by atoms with Crippen LogP contribution in [0.1, 0.15) is 18.4 Å². The molecule has 1 aromatic carbocycles. The summed E-state index contributed by atoms with van der Waals surface area (Å²) in [6, 6.07) is 3.86. The van der Waals surface area contributed by atoms with Gasteiger partial charge in [0.05, 0.1) is 20.3 Å². The zero-order valence-electron chi connectivity index (χ0n) is 9.87. The number of hydrogen-bond donors (Lipinski definition) is 1. The molecule has 1 aliphatic carbocycles. The molecule has 2 rings (SSSR count). The van der Waals surface area contributed by atoms with E-state index in [4.69, 9.17) is 9.47 Å². The number of benzene rings is 1. The van der Waals surface area contributed by atoms with Crippen molar-refractivity contribution >= 4 is 21.5 Å². The number of ether oxygens (including phenoxy) is 2. The van der Waals surface area contributed by atoms with Crippen molar-refractivity contribution in [2.75, 3.05) is 14.2 Å². The topological polar surface area (TPSA) is 38.7 Å². The normalized spacial score (nSPS) is 19.1. The second kappa shape index (κ2) is 5.10. The Kier molecular flexibility index (Phi) is 3.74. The third-order valence-electron chi connectivity index (χ3n) is 2.93. The third kappa shape index (κ3) is 2.33. The predicted molar refractivity (Wildman–Crippen MR) is 70.5 cm³/mol. The monoisotopic (exact) mass is 298 g/mol. The minimum atomic E-state index is -0.337. The van der Waals surface area contributed by atoms with Gasteiger partial charge in [0.2, 0.25) is 0 Å². The van der Waals surface area contributed by atoms with E-state index in [1.54, 1.807) is 14.2 Å². The van der Waals surface area contributed by atoms with Gasteiger partial charge in [-0.15, -0.1) is 0 Å². The van der Waals surface area contributed by atoms with Gasteiger partial charge in [-0.05, 0) is 46.5 Å². The molecule has 0 saturated heterocycles. The summed E-state index contributed by atoms with van der Waals surface area (Å²) in [5.74, 6) is 1.49. The van der Waals surface area contributed by atoms with Crippen LogP contribution in [-0.2, 0) is 0 Å². The molecular formula is C13H15BrO3. The van der Waals surface area contributed by atoms with Crippen molar-refractivity contribution in [1.82, 2.24) is 0 Å². The molecule has 0 heterocycles. The summed E-state index contributed by atoms with van der Waals surface area (Å²) in [7, 11) is 3.26. The molecule has 0 radical (unpaired) electrons. The number of methoxy groups -OCH3 is 2. The molecule has 1 N–H and O–H groups in total. The standard InChI is InChI=1S/C13H15BrO3/c1-16-11-6-5-10(13(17-2)12(11)14)8-3-4-9(15)7-8/h5-7,9,15H,3-4H2,1-2H3. The lowest BCUT2D eigenvalue weighted by Gasteiger charge is -2.13. The quantitative estimate of drug-likeness (QED) is 0.932. The van der Waals surface area contributed by atoms with Gasteiger partial charge < -0.3 is 14.6 Å². The van der Waals surface area contributed by atoms with Gasteiger partial charge in [0.25, 0.3) is 0 Å². The molecule has 1 aliphatic rings. The van der Waals surface area contributed by atoms with Gasteiger partial charge in [-0.1, -0.05) is 6.08 Å². The fourth-order valence-electron chi connectivity index (χ4n) is 2.07. The van der Waals surface area contributed by atoms with E-state index >= 15 is 0 Å². The summed E-state index contributed by atoms with van der Waals surface area (Å²) in [4.78, 5) is 0. The molecule has 0 fully saturated rings. The van der Waals surface area contributed by atoms with Crippen molar-refractivity contribution in [3.05, 3.63) is 28.2 Å². The van der Waals surface area contributed by atoms with Gasteiger partial charge in [0.1, 0.15) is 16.0 Å². The number of aliphatic hydroxyl groups excluding tert-OH is 1. The lowest BCUT2D eigenvalue weighted by atomic mass is 10.0. The maximum atomic E-state index is 9.54. The highest BCUT2D eigenvalue weighted by Crippen LogP contribution is 2.42. The van der Waals surface area contributed by atoms with E-state index in [9.17, 15) is 5.11 Å². The lowest BCUT2D eigenvalue weighted by Crippen LogP contribution is -1.95. The van der Waals surface area contributed by atoms with Crippen LogP contribution >= 0.6 is 15.9 Å². The summed E-state index contributed by atoms with van der Waals surface area (Å²) in [5, 5.41) is 9.54. The van der Waals surface area contributed by atoms with Crippen LogP contribution in [0.2, 0.25) is 0 Å². The van der Waals surface area contributed by atoms with E-state index in [-0.39, 0.29) is 6.10 Å². The Labute approximate surface area is 109 Å². The van der Waals surface area contributed by atoms with Crippen LogP contribution in [-0.4, -0.2) is 25.4 Å². The average molecular weight is 299 g/mol. The highest BCUT2D eigenvalue weighted by atomic mass is 79.9. The van der Waals surface area contributed by atoms with Crippen LogP contribution in [0.25, 0.3) is 5.57 Å². The molecular weight excluding hydrogens is 284 g/mol. The van der Waals surface area contributed by atoms with E-state index in [0.717, 1.165) is 39.9 Å². The van der Waals surface area contributed by atoms with Gasteiger partial charge in [-0.2, -0.15) is 0 Å². The molecule has 1 atom stereocenters. The van der Waals surface area contributed by atoms with E-state index in [0.29, 0.717) is 0 Å². The van der Waals surface area contributed by atoms with E-state index in [1.165, 1.54) is 0 Å². The molecule has 3 nitrogen and oxygen atoms in total. The molecule has 1 aromatic rings. The molecule has 0 aromatic heterocycles. The molecule has 0 spiro atoms. The van der Waals surface area contributed by atoms with Crippen molar-refractivity contribution in [1.29, 1.82) is 0 Å². The highest BCUT2D eigenvalue weighted by Gasteiger charge is 2.20. The molecule has 17 heavy (non-hydrogen) atoms. The lowest BCUT2D eigenvalue weighted by molar-refractivity contribution is 0.223. The summed E-state index contributed by atoms with van der Waals surface area (Å²) in [6.07, 6.45) is 3.20. The summed E-state index contributed by atoms with van der Waals surface area (Å²) < 4.78 is 11.5. The fourth-order valence-corrected chi connectivity index (χ4v) is 2.74. The number of halogens is 1. The molecule has 92 valence electrons. The van der Waals surface area contributed by atoms with Gasteiger partial charge in [-0.3, -0.25) is 0 Å². The molecule has 0 amide bonds. The first-order chi connectivity index (χ1) is 8.17. The molecule has 0 saturated carbocycles. The summed E-state index contributed by atoms with van der Waals surface area (Å²) in [5.41, 5.74) is 2.13. The van der Waals surface area contributed by atoms with Crippen molar-refractivity contribution in [2.45, 2.75) is 18.9 Å². The predicted octanol–water partition coefficient (Wildman–Crippen LogP) is 3.00. The Morgan fingerprint density at radius 3 is 2.59 bits per heavy atom. The van der Waals surface area contributed by atoms with Crippen LogP contribution in [0.15, 0.2) is 22.7 Å². The van der Waals surface area contributed by atoms with Gasteiger partial charge >= 0.3 is 0 Å². The summed E-state index contributed by atoms with van der Waals surface area (Å²) in [6.45, 7) is 0. The molecule has 0 aliphatic heterocycles.